The number of nitrogens with one attached hydrogen (secondary N) is 1. The molecule has 0 saturated carbocycles. The second-order valence-electron chi connectivity index (χ2n) is 6.55. The summed E-state index contributed by atoms with van der Waals surface area (Å²) >= 11 is 0. The molecule has 0 spiro atoms. The predicted molar refractivity (Wildman–Crippen MR) is 100 cm³/mol. The van der Waals surface area contributed by atoms with Crippen molar-refractivity contribution >= 4 is 16.7 Å². The average molecular weight is 336 g/mol. The molecule has 0 fully saturated rings. The highest BCUT2D eigenvalue weighted by Gasteiger charge is 2.14. The molecule has 3 aromatic rings. The zero-order chi connectivity index (χ0) is 17.8. The van der Waals surface area contributed by atoms with Gasteiger partial charge in [-0.2, -0.15) is 5.10 Å². The van der Waals surface area contributed by atoms with E-state index in [-0.39, 0.29) is 11.9 Å². The minimum atomic E-state index is -0.0367. The number of carbonyl (C=O) groups is 1. The van der Waals surface area contributed by atoms with Crippen LogP contribution in [-0.4, -0.2) is 34.2 Å². The zero-order valence-electron chi connectivity index (χ0n) is 14.9. The fourth-order valence-electron chi connectivity index (χ4n) is 3.16. The molecule has 0 radical (unpaired) electrons. The van der Waals surface area contributed by atoms with Gasteiger partial charge in [-0.3, -0.25) is 14.4 Å². The molecule has 0 aliphatic rings. The highest BCUT2D eigenvalue weighted by atomic mass is 16.2. The average Bonchev–Trinajstić information content (AvgIpc) is 2.98. The van der Waals surface area contributed by atoms with Crippen LogP contribution in [0.3, 0.4) is 0 Å². The molecule has 0 aliphatic heterocycles. The molecule has 0 saturated heterocycles. The number of carbonyl (C=O) groups excluding carboxylic acids is 1. The van der Waals surface area contributed by atoms with Crippen LogP contribution in [0, 0.1) is 0 Å². The van der Waals surface area contributed by atoms with Crippen molar-refractivity contribution < 1.29 is 4.79 Å². The Morgan fingerprint density at radius 2 is 2.00 bits per heavy atom. The summed E-state index contributed by atoms with van der Waals surface area (Å²) in [6.45, 7) is 3.08. The van der Waals surface area contributed by atoms with Gasteiger partial charge in [0.05, 0.1) is 18.8 Å². The number of hydrogen-bond donors (Lipinski definition) is 1. The molecule has 0 aliphatic carbocycles. The Morgan fingerprint density at radius 3 is 2.76 bits per heavy atom. The van der Waals surface area contributed by atoms with Gasteiger partial charge in [0.25, 0.3) is 0 Å². The number of likely N-dealkylation sites (N-methyl/N-ethyl adjacent to an activating group) is 1. The standard InChI is InChI=1S/C20H24N4O/c1-15(18-10-6-8-17-7-4-5-9-19(17)18)22-20(25)14-23(2)12-16-11-21-24(3)13-16/h4-11,13,15H,12,14H2,1-3H3,(H,22,25). The first-order valence-electron chi connectivity index (χ1n) is 8.46. The van der Waals surface area contributed by atoms with E-state index in [0.717, 1.165) is 11.1 Å². The van der Waals surface area contributed by atoms with Crippen LogP contribution in [0.25, 0.3) is 10.8 Å². The molecule has 25 heavy (non-hydrogen) atoms. The van der Waals surface area contributed by atoms with Gasteiger partial charge in [0.15, 0.2) is 0 Å². The molecule has 0 bridgehead atoms. The minimum absolute atomic E-state index is 0.0202. The minimum Gasteiger partial charge on any atom is -0.348 e. The summed E-state index contributed by atoms with van der Waals surface area (Å²) in [5.41, 5.74) is 2.24. The molecular weight excluding hydrogens is 312 g/mol. The molecule has 1 unspecified atom stereocenters. The Labute approximate surface area is 148 Å². The number of aromatic nitrogens is 2. The maximum absolute atomic E-state index is 12.4. The van der Waals surface area contributed by atoms with Gasteiger partial charge in [0.2, 0.25) is 5.91 Å². The van der Waals surface area contributed by atoms with Crippen LogP contribution in [0.15, 0.2) is 54.9 Å². The Morgan fingerprint density at radius 1 is 1.24 bits per heavy atom. The summed E-state index contributed by atoms with van der Waals surface area (Å²) in [6, 6.07) is 14.4. The van der Waals surface area contributed by atoms with Crippen molar-refractivity contribution in [2.75, 3.05) is 13.6 Å². The number of aryl methyl sites for hydroxylation is 1. The van der Waals surface area contributed by atoms with Crippen LogP contribution in [0.1, 0.15) is 24.1 Å². The monoisotopic (exact) mass is 336 g/mol. The molecule has 1 aromatic heterocycles. The Bertz CT molecular complexity index is 866. The summed E-state index contributed by atoms with van der Waals surface area (Å²) < 4.78 is 1.77. The molecule has 3 rings (SSSR count). The Hall–Kier alpha value is -2.66. The largest absolute Gasteiger partial charge is 0.348 e. The number of fused-ring (bicyclic) bond motifs is 1. The van der Waals surface area contributed by atoms with E-state index < -0.39 is 0 Å². The lowest BCUT2D eigenvalue weighted by molar-refractivity contribution is -0.122. The second kappa shape index (κ2) is 7.49. The Kier molecular flexibility index (Phi) is 5.14. The molecule has 5 heteroatoms. The third-order valence-electron chi connectivity index (χ3n) is 4.29. The first kappa shape index (κ1) is 17.2. The topological polar surface area (TPSA) is 50.2 Å². The molecule has 5 nitrogen and oxygen atoms in total. The van der Waals surface area contributed by atoms with Crippen molar-refractivity contribution in [1.29, 1.82) is 0 Å². The van der Waals surface area contributed by atoms with E-state index in [9.17, 15) is 4.79 Å². The van der Waals surface area contributed by atoms with Gasteiger partial charge in [0, 0.05) is 25.4 Å². The van der Waals surface area contributed by atoms with E-state index >= 15 is 0 Å². The molecule has 2 aromatic carbocycles. The molecule has 1 atom stereocenters. The van der Waals surface area contributed by atoms with Crippen LogP contribution >= 0.6 is 0 Å². The van der Waals surface area contributed by atoms with Crippen LogP contribution in [0.5, 0.6) is 0 Å². The fourth-order valence-corrected chi connectivity index (χ4v) is 3.16. The van der Waals surface area contributed by atoms with Crippen molar-refractivity contribution in [3.8, 4) is 0 Å². The molecule has 130 valence electrons. The van der Waals surface area contributed by atoms with Gasteiger partial charge in [-0.25, -0.2) is 0 Å². The maximum Gasteiger partial charge on any atom is 0.234 e. The summed E-state index contributed by atoms with van der Waals surface area (Å²) in [5.74, 6) is 0.0202. The Balaban J connectivity index is 1.62. The van der Waals surface area contributed by atoms with Gasteiger partial charge in [-0.05, 0) is 30.3 Å². The van der Waals surface area contributed by atoms with Crippen molar-refractivity contribution in [2.24, 2.45) is 7.05 Å². The molecule has 1 amide bonds. The highest BCUT2D eigenvalue weighted by Crippen LogP contribution is 2.23. The van der Waals surface area contributed by atoms with Crippen LogP contribution in [-0.2, 0) is 18.4 Å². The first-order chi connectivity index (χ1) is 12.0. The predicted octanol–water partition coefficient (Wildman–Crippen LogP) is 2.88. The lowest BCUT2D eigenvalue weighted by atomic mass is 10.00. The summed E-state index contributed by atoms with van der Waals surface area (Å²) in [4.78, 5) is 14.4. The lowest BCUT2D eigenvalue weighted by Gasteiger charge is -2.20. The smallest absolute Gasteiger partial charge is 0.234 e. The van der Waals surface area contributed by atoms with E-state index in [4.69, 9.17) is 0 Å². The number of hydrogen-bond acceptors (Lipinski definition) is 3. The quantitative estimate of drug-likeness (QED) is 0.753. The van der Waals surface area contributed by atoms with Crippen molar-refractivity contribution in [2.45, 2.75) is 19.5 Å². The third-order valence-corrected chi connectivity index (χ3v) is 4.29. The van der Waals surface area contributed by atoms with Crippen molar-refractivity contribution in [3.63, 3.8) is 0 Å². The van der Waals surface area contributed by atoms with E-state index in [1.165, 1.54) is 10.8 Å². The maximum atomic E-state index is 12.4. The third kappa shape index (κ3) is 4.25. The fraction of sp³-hybridized carbons (Fsp3) is 0.300. The molecule has 1 heterocycles. The SMILES string of the molecule is CC(NC(=O)CN(C)Cc1cnn(C)c1)c1cccc2ccccc12. The van der Waals surface area contributed by atoms with Gasteiger partial charge in [0.1, 0.15) is 0 Å². The van der Waals surface area contributed by atoms with E-state index in [2.05, 4.69) is 34.7 Å². The zero-order valence-corrected chi connectivity index (χ0v) is 14.9. The summed E-state index contributed by atoms with van der Waals surface area (Å²) in [7, 11) is 3.83. The summed E-state index contributed by atoms with van der Waals surface area (Å²) in [5, 5.41) is 9.64. The lowest BCUT2D eigenvalue weighted by Crippen LogP contribution is -2.36. The number of amides is 1. The summed E-state index contributed by atoms with van der Waals surface area (Å²) in [6.07, 6.45) is 3.79. The highest BCUT2D eigenvalue weighted by molar-refractivity contribution is 5.87. The van der Waals surface area contributed by atoms with Crippen molar-refractivity contribution in [1.82, 2.24) is 20.0 Å². The van der Waals surface area contributed by atoms with Crippen molar-refractivity contribution in [3.05, 3.63) is 66.0 Å². The van der Waals surface area contributed by atoms with Gasteiger partial charge in [-0.15, -0.1) is 0 Å². The second-order valence-corrected chi connectivity index (χ2v) is 6.55. The van der Waals surface area contributed by atoms with E-state index in [1.807, 2.05) is 56.5 Å². The van der Waals surface area contributed by atoms with Gasteiger partial charge < -0.3 is 5.32 Å². The number of benzene rings is 2. The molecular formula is C20H24N4O. The number of rotatable bonds is 6. The first-order valence-corrected chi connectivity index (χ1v) is 8.46. The normalized spacial score (nSPS) is 12.5. The van der Waals surface area contributed by atoms with E-state index in [0.29, 0.717) is 13.1 Å². The number of nitrogens with zero attached hydrogens (tertiary/aromatic N) is 3. The van der Waals surface area contributed by atoms with Crippen LogP contribution < -0.4 is 5.32 Å². The molecule has 1 N–H and O–H groups in total. The van der Waals surface area contributed by atoms with Gasteiger partial charge >= 0.3 is 0 Å². The van der Waals surface area contributed by atoms with E-state index in [1.54, 1.807) is 4.68 Å². The van der Waals surface area contributed by atoms with Crippen LogP contribution in [0.2, 0.25) is 0 Å². The van der Waals surface area contributed by atoms with Crippen LogP contribution in [0.4, 0.5) is 0 Å². The van der Waals surface area contributed by atoms with Gasteiger partial charge in [-0.1, -0.05) is 42.5 Å².